The molecule has 3 aromatic rings. The zero-order chi connectivity index (χ0) is 16.9. The van der Waals surface area contributed by atoms with E-state index in [1.807, 2.05) is 66.7 Å². The first-order valence-corrected chi connectivity index (χ1v) is 8.90. The molecule has 0 aliphatic rings. The number of amides is 1. The Morgan fingerprint density at radius 3 is 2.17 bits per heavy atom. The fourth-order valence-electron chi connectivity index (χ4n) is 2.71. The van der Waals surface area contributed by atoms with Gasteiger partial charge in [-0.05, 0) is 70.5 Å². The molecule has 0 heterocycles. The van der Waals surface area contributed by atoms with Gasteiger partial charge in [-0.1, -0.05) is 54.6 Å². The highest BCUT2D eigenvalue weighted by atomic mass is 127. The van der Waals surface area contributed by atoms with E-state index in [1.54, 1.807) is 0 Å². The van der Waals surface area contributed by atoms with Crippen LogP contribution in [-0.2, 0) is 0 Å². The molecule has 0 spiro atoms. The van der Waals surface area contributed by atoms with Crippen LogP contribution in [0.15, 0.2) is 78.9 Å². The van der Waals surface area contributed by atoms with Crippen LogP contribution in [0.1, 0.15) is 33.1 Å². The molecule has 0 aliphatic carbocycles. The molecule has 3 aromatic carbocycles. The molecule has 0 unspecified atom stereocenters. The van der Waals surface area contributed by atoms with Gasteiger partial charge in [0, 0.05) is 9.13 Å². The first-order chi connectivity index (χ1) is 11.6. The van der Waals surface area contributed by atoms with Crippen LogP contribution in [-0.4, -0.2) is 5.91 Å². The SMILES string of the molecule is Cc1ccccc1[C@H](NC(=O)c1ccc(I)cc1)c1ccccc1. The van der Waals surface area contributed by atoms with Crippen LogP contribution < -0.4 is 5.32 Å². The number of hydrogen-bond acceptors (Lipinski definition) is 1. The summed E-state index contributed by atoms with van der Waals surface area (Å²) in [6.45, 7) is 2.07. The highest BCUT2D eigenvalue weighted by Crippen LogP contribution is 2.25. The van der Waals surface area contributed by atoms with Crippen LogP contribution >= 0.6 is 22.6 Å². The summed E-state index contributed by atoms with van der Waals surface area (Å²) in [5.41, 5.74) is 4.02. The van der Waals surface area contributed by atoms with E-state index in [0.29, 0.717) is 5.56 Å². The number of nitrogens with one attached hydrogen (secondary N) is 1. The van der Waals surface area contributed by atoms with Crippen LogP contribution in [0.25, 0.3) is 0 Å². The summed E-state index contributed by atoms with van der Waals surface area (Å²) >= 11 is 2.24. The Morgan fingerprint density at radius 1 is 0.875 bits per heavy atom. The predicted octanol–water partition coefficient (Wildman–Crippen LogP) is 5.12. The van der Waals surface area contributed by atoms with Crippen molar-refractivity contribution < 1.29 is 4.79 Å². The van der Waals surface area contributed by atoms with Crippen LogP contribution in [0.3, 0.4) is 0 Å². The summed E-state index contributed by atoms with van der Waals surface area (Å²) in [4.78, 5) is 12.7. The Hall–Kier alpha value is -2.14. The molecule has 0 saturated carbocycles. The second-order valence-corrected chi connectivity index (χ2v) is 6.93. The first-order valence-electron chi connectivity index (χ1n) is 7.82. The maximum Gasteiger partial charge on any atom is 0.252 e. The number of benzene rings is 3. The quantitative estimate of drug-likeness (QED) is 0.576. The van der Waals surface area contributed by atoms with Gasteiger partial charge in [0.2, 0.25) is 0 Å². The molecule has 1 N–H and O–H groups in total. The van der Waals surface area contributed by atoms with E-state index >= 15 is 0 Å². The van der Waals surface area contributed by atoms with Crippen LogP contribution in [0, 0.1) is 10.5 Å². The zero-order valence-electron chi connectivity index (χ0n) is 13.4. The molecule has 0 radical (unpaired) electrons. The lowest BCUT2D eigenvalue weighted by molar-refractivity contribution is 0.0943. The number of aryl methyl sites for hydroxylation is 1. The maximum atomic E-state index is 12.7. The van der Waals surface area contributed by atoms with E-state index < -0.39 is 0 Å². The van der Waals surface area contributed by atoms with Gasteiger partial charge in [0.25, 0.3) is 5.91 Å². The fraction of sp³-hybridized carbons (Fsp3) is 0.0952. The summed E-state index contributed by atoms with van der Waals surface area (Å²) in [7, 11) is 0. The minimum Gasteiger partial charge on any atom is -0.341 e. The van der Waals surface area contributed by atoms with Gasteiger partial charge in [0.15, 0.2) is 0 Å². The molecule has 3 rings (SSSR count). The fourth-order valence-corrected chi connectivity index (χ4v) is 3.07. The van der Waals surface area contributed by atoms with Crippen LogP contribution in [0.2, 0.25) is 0 Å². The van der Waals surface area contributed by atoms with Crippen molar-refractivity contribution in [2.24, 2.45) is 0 Å². The minimum atomic E-state index is -0.167. The molecular weight excluding hydrogens is 409 g/mol. The number of halogens is 1. The van der Waals surface area contributed by atoms with Gasteiger partial charge in [0.1, 0.15) is 0 Å². The van der Waals surface area contributed by atoms with E-state index in [2.05, 4.69) is 47.0 Å². The van der Waals surface area contributed by atoms with Crippen molar-refractivity contribution in [3.05, 3.63) is 105 Å². The average molecular weight is 427 g/mol. The van der Waals surface area contributed by atoms with Gasteiger partial charge in [-0.15, -0.1) is 0 Å². The number of hydrogen-bond donors (Lipinski definition) is 1. The van der Waals surface area contributed by atoms with Crippen molar-refractivity contribution in [1.82, 2.24) is 5.32 Å². The molecule has 0 saturated heterocycles. The van der Waals surface area contributed by atoms with Crippen molar-refractivity contribution >= 4 is 28.5 Å². The standard InChI is InChI=1S/C21H18INO/c1-15-7-5-6-10-19(15)20(16-8-3-2-4-9-16)23-21(24)17-11-13-18(22)14-12-17/h2-14,20H,1H3,(H,23,24)/t20-/m1/s1. The van der Waals surface area contributed by atoms with Crippen molar-refractivity contribution in [3.63, 3.8) is 0 Å². The third kappa shape index (κ3) is 3.85. The molecule has 3 heteroatoms. The third-order valence-electron chi connectivity index (χ3n) is 4.01. The van der Waals surface area contributed by atoms with E-state index in [9.17, 15) is 4.79 Å². The second kappa shape index (κ2) is 7.62. The average Bonchev–Trinajstić information content (AvgIpc) is 2.61. The molecule has 2 nitrogen and oxygen atoms in total. The zero-order valence-corrected chi connectivity index (χ0v) is 15.5. The number of carbonyl (C=O) groups excluding carboxylic acids is 1. The molecule has 1 amide bonds. The highest BCUT2D eigenvalue weighted by molar-refractivity contribution is 14.1. The lowest BCUT2D eigenvalue weighted by Gasteiger charge is -2.21. The largest absolute Gasteiger partial charge is 0.341 e. The van der Waals surface area contributed by atoms with E-state index in [1.165, 1.54) is 0 Å². The maximum absolute atomic E-state index is 12.7. The van der Waals surface area contributed by atoms with E-state index in [0.717, 1.165) is 20.3 Å². The van der Waals surface area contributed by atoms with E-state index in [4.69, 9.17) is 0 Å². The minimum absolute atomic E-state index is 0.0662. The Labute approximate surface area is 156 Å². The Bertz CT molecular complexity index is 828. The first kappa shape index (κ1) is 16.7. The second-order valence-electron chi connectivity index (χ2n) is 5.68. The van der Waals surface area contributed by atoms with Crippen molar-refractivity contribution in [2.75, 3.05) is 0 Å². The summed E-state index contributed by atoms with van der Waals surface area (Å²) < 4.78 is 1.11. The van der Waals surface area contributed by atoms with Gasteiger partial charge in [0.05, 0.1) is 6.04 Å². The molecule has 0 aromatic heterocycles. The summed E-state index contributed by atoms with van der Waals surface area (Å²) in [5, 5.41) is 3.18. The van der Waals surface area contributed by atoms with Crippen LogP contribution in [0.5, 0.6) is 0 Å². The monoisotopic (exact) mass is 427 g/mol. The van der Waals surface area contributed by atoms with Gasteiger partial charge in [-0.2, -0.15) is 0 Å². The van der Waals surface area contributed by atoms with Crippen molar-refractivity contribution in [2.45, 2.75) is 13.0 Å². The molecule has 1 atom stereocenters. The molecule has 120 valence electrons. The van der Waals surface area contributed by atoms with E-state index in [-0.39, 0.29) is 11.9 Å². The Balaban J connectivity index is 1.95. The lowest BCUT2D eigenvalue weighted by Crippen LogP contribution is -2.29. The molecule has 24 heavy (non-hydrogen) atoms. The van der Waals surface area contributed by atoms with Crippen LogP contribution in [0.4, 0.5) is 0 Å². The van der Waals surface area contributed by atoms with Gasteiger partial charge >= 0.3 is 0 Å². The summed E-state index contributed by atoms with van der Waals surface area (Å²) in [6, 6.07) is 25.7. The molecule has 0 bridgehead atoms. The highest BCUT2D eigenvalue weighted by Gasteiger charge is 2.19. The summed E-state index contributed by atoms with van der Waals surface area (Å²) in [5.74, 6) is -0.0662. The van der Waals surface area contributed by atoms with Gasteiger partial charge < -0.3 is 5.32 Å². The normalized spacial score (nSPS) is 11.8. The van der Waals surface area contributed by atoms with Crippen molar-refractivity contribution in [3.8, 4) is 0 Å². The molecular formula is C21H18INO. The summed E-state index contributed by atoms with van der Waals surface area (Å²) in [6.07, 6.45) is 0. The number of carbonyl (C=O) groups is 1. The van der Waals surface area contributed by atoms with Crippen molar-refractivity contribution in [1.29, 1.82) is 0 Å². The molecule has 0 aliphatic heterocycles. The lowest BCUT2D eigenvalue weighted by atomic mass is 9.94. The Morgan fingerprint density at radius 2 is 1.50 bits per heavy atom. The smallest absolute Gasteiger partial charge is 0.252 e. The topological polar surface area (TPSA) is 29.1 Å². The Kier molecular flexibility index (Phi) is 5.30. The van der Waals surface area contributed by atoms with Gasteiger partial charge in [-0.3, -0.25) is 4.79 Å². The third-order valence-corrected chi connectivity index (χ3v) is 4.73. The number of rotatable bonds is 4. The predicted molar refractivity (Wildman–Crippen MR) is 106 cm³/mol. The molecule has 0 fully saturated rings. The van der Waals surface area contributed by atoms with Gasteiger partial charge in [-0.25, -0.2) is 0 Å².